The number of nitrogen functional groups attached to an aromatic ring is 1. The van der Waals surface area contributed by atoms with Crippen molar-refractivity contribution >= 4 is 5.82 Å². The van der Waals surface area contributed by atoms with Gasteiger partial charge in [0.15, 0.2) is 0 Å². The number of pyridine rings is 1. The molecule has 16 heavy (non-hydrogen) atoms. The molecular weight excluding hydrogens is 204 g/mol. The second-order valence-electron chi connectivity index (χ2n) is 4.35. The van der Waals surface area contributed by atoms with Gasteiger partial charge in [0.1, 0.15) is 5.82 Å². The Morgan fingerprint density at radius 2 is 2.44 bits per heavy atom. The number of rotatable bonds is 2. The zero-order valence-electron chi connectivity index (χ0n) is 9.52. The van der Waals surface area contributed by atoms with Crippen molar-refractivity contribution in [2.75, 3.05) is 18.9 Å². The minimum absolute atomic E-state index is 0.138. The van der Waals surface area contributed by atoms with Gasteiger partial charge in [-0.15, -0.1) is 0 Å². The van der Waals surface area contributed by atoms with Crippen LogP contribution in [0.4, 0.5) is 5.82 Å². The third kappa shape index (κ3) is 2.18. The number of ether oxygens (including phenoxy) is 1. The maximum absolute atomic E-state index is 10.3. The van der Waals surface area contributed by atoms with Crippen LogP contribution in [0.15, 0.2) is 12.3 Å². The number of aliphatic hydroxyl groups excluding tert-OH is 1. The molecule has 4 nitrogen and oxygen atoms in total. The maximum Gasteiger partial charge on any atom is 0.129 e. The Hall–Kier alpha value is -1.13. The molecule has 4 heteroatoms. The molecule has 0 saturated carbocycles. The third-order valence-electron chi connectivity index (χ3n) is 3.18. The molecule has 0 aliphatic carbocycles. The average molecular weight is 222 g/mol. The monoisotopic (exact) mass is 222 g/mol. The van der Waals surface area contributed by atoms with E-state index in [0.717, 1.165) is 30.6 Å². The minimum Gasteiger partial charge on any atom is -0.388 e. The number of hydrogen-bond acceptors (Lipinski definition) is 4. The van der Waals surface area contributed by atoms with Gasteiger partial charge in [-0.05, 0) is 31.4 Å². The quantitative estimate of drug-likeness (QED) is 0.794. The highest BCUT2D eigenvalue weighted by Gasteiger charge is 2.26. The molecular formula is C12H18N2O2. The van der Waals surface area contributed by atoms with Gasteiger partial charge < -0.3 is 15.6 Å². The van der Waals surface area contributed by atoms with Crippen LogP contribution in [-0.4, -0.2) is 23.3 Å². The van der Waals surface area contributed by atoms with Crippen molar-refractivity contribution in [2.45, 2.75) is 25.9 Å². The van der Waals surface area contributed by atoms with Crippen molar-refractivity contribution in [2.24, 2.45) is 5.92 Å². The highest BCUT2D eigenvalue weighted by atomic mass is 16.5. The summed E-state index contributed by atoms with van der Waals surface area (Å²) in [6.45, 7) is 3.35. The molecule has 1 saturated heterocycles. The van der Waals surface area contributed by atoms with E-state index in [0.29, 0.717) is 12.4 Å². The molecule has 0 amide bonds. The Kier molecular flexibility index (Phi) is 3.41. The molecule has 1 aliphatic rings. The normalized spacial score (nSPS) is 23.0. The first-order valence-corrected chi connectivity index (χ1v) is 5.67. The number of nitrogens with zero attached hydrogens (tertiary/aromatic N) is 1. The summed E-state index contributed by atoms with van der Waals surface area (Å²) in [7, 11) is 0. The standard InChI is InChI=1S/C12H18N2O2/c1-8-4-5-14-12(13)10(8)11(15)9-3-2-6-16-7-9/h4-5,9,11,15H,2-3,6-7H2,1H3,(H2,13,14). The molecule has 0 spiro atoms. The molecule has 0 bridgehead atoms. The number of hydrogen-bond donors (Lipinski definition) is 2. The highest BCUT2D eigenvalue weighted by molar-refractivity contribution is 5.45. The lowest BCUT2D eigenvalue weighted by Gasteiger charge is -2.28. The molecule has 1 aliphatic heterocycles. The predicted molar refractivity (Wildman–Crippen MR) is 61.9 cm³/mol. The Morgan fingerprint density at radius 3 is 3.06 bits per heavy atom. The topological polar surface area (TPSA) is 68.4 Å². The van der Waals surface area contributed by atoms with Crippen LogP contribution in [0.5, 0.6) is 0 Å². The molecule has 2 unspecified atom stereocenters. The molecule has 0 aromatic carbocycles. The summed E-state index contributed by atoms with van der Waals surface area (Å²) < 4.78 is 5.38. The smallest absolute Gasteiger partial charge is 0.129 e. The van der Waals surface area contributed by atoms with Crippen molar-refractivity contribution in [1.29, 1.82) is 0 Å². The van der Waals surface area contributed by atoms with E-state index in [-0.39, 0.29) is 5.92 Å². The molecule has 1 fully saturated rings. The lowest BCUT2D eigenvalue weighted by atomic mass is 9.89. The van der Waals surface area contributed by atoms with Gasteiger partial charge in [-0.3, -0.25) is 0 Å². The van der Waals surface area contributed by atoms with Gasteiger partial charge in [-0.1, -0.05) is 0 Å². The van der Waals surface area contributed by atoms with Crippen LogP contribution in [0, 0.1) is 12.8 Å². The second-order valence-corrected chi connectivity index (χ2v) is 4.35. The molecule has 0 radical (unpaired) electrons. The van der Waals surface area contributed by atoms with Crippen molar-refractivity contribution < 1.29 is 9.84 Å². The van der Waals surface area contributed by atoms with E-state index in [1.165, 1.54) is 0 Å². The van der Waals surface area contributed by atoms with Crippen LogP contribution in [0.3, 0.4) is 0 Å². The largest absolute Gasteiger partial charge is 0.388 e. The fourth-order valence-electron chi connectivity index (χ4n) is 2.23. The molecule has 2 heterocycles. The van der Waals surface area contributed by atoms with Crippen molar-refractivity contribution in [3.8, 4) is 0 Å². The van der Waals surface area contributed by atoms with Crippen molar-refractivity contribution in [3.63, 3.8) is 0 Å². The first-order chi connectivity index (χ1) is 7.70. The molecule has 2 rings (SSSR count). The fourth-order valence-corrected chi connectivity index (χ4v) is 2.23. The predicted octanol–water partition coefficient (Wildman–Crippen LogP) is 1.43. The van der Waals surface area contributed by atoms with E-state index in [9.17, 15) is 5.11 Å². The molecule has 88 valence electrons. The fraction of sp³-hybridized carbons (Fsp3) is 0.583. The van der Waals surface area contributed by atoms with Crippen molar-refractivity contribution in [1.82, 2.24) is 4.98 Å². The molecule has 3 N–H and O–H groups in total. The third-order valence-corrected chi connectivity index (χ3v) is 3.18. The van der Waals surface area contributed by atoms with Gasteiger partial charge in [0.2, 0.25) is 0 Å². The van der Waals surface area contributed by atoms with Gasteiger partial charge >= 0.3 is 0 Å². The Labute approximate surface area is 95.4 Å². The summed E-state index contributed by atoms with van der Waals surface area (Å²) in [5, 5.41) is 10.3. The molecule has 1 aromatic heterocycles. The maximum atomic E-state index is 10.3. The van der Waals surface area contributed by atoms with Gasteiger partial charge in [0.05, 0.1) is 12.7 Å². The number of aromatic nitrogens is 1. The summed E-state index contributed by atoms with van der Waals surface area (Å²) >= 11 is 0. The molecule has 2 atom stereocenters. The first-order valence-electron chi connectivity index (χ1n) is 5.67. The van der Waals surface area contributed by atoms with Gasteiger partial charge in [0, 0.05) is 24.3 Å². The highest BCUT2D eigenvalue weighted by Crippen LogP contribution is 2.32. The summed E-state index contributed by atoms with van der Waals surface area (Å²) in [6.07, 6.45) is 3.09. The lowest BCUT2D eigenvalue weighted by molar-refractivity contribution is -0.00998. The number of aliphatic hydroxyl groups is 1. The van der Waals surface area contributed by atoms with Crippen LogP contribution < -0.4 is 5.73 Å². The van der Waals surface area contributed by atoms with Crippen LogP contribution >= 0.6 is 0 Å². The summed E-state index contributed by atoms with van der Waals surface area (Å²) in [5.74, 6) is 0.567. The Balaban J connectivity index is 2.22. The SMILES string of the molecule is Cc1ccnc(N)c1C(O)C1CCCOC1. The van der Waals surface area contributed by atoms with Gasteiger partial charge in [0.25, 0.3) is 0 Å². The van der Waals surface area contributed by atoms with Gasteiger partial charge in [-0.2, -0.15) is 0 Å². The summed E-state index contributed by atoms with van der Waals surface area (Å²) in [6, 6.07) is 1.87. The summed E-state index contributed by atoms with van der Waals surface area (Å²) in [4.78, 5) is 4.03. The van der Waals surface area contributed by atoms with E-state index >= 15 is 0 Å². The first kappa shape index (κ1) is 11.4. The lowest BCUT2D eigenvalue weighted by Crippen LogP contribution is -2.25. The number of aryl methyl sites for hydroxylation is 1. The second kappa shape index (κ2) is 4.80. The zero-order chi connectivity index (χ0) is 11.5. The van der Waals surface area contributed by atoms with E-state index in [4.69, 9.17) is 10.5 Å². The van der Waals surface area contributed by atoms with Gasteiger partial charge in [-0.25, -0.2) is 4.98 Å². The van der Waals surface area contributed by atoms with Crippen LogP contribution in [0.1, 0.15) is 30.1 Å². The average Bonchev–Trinajstić information content (AvgIpc) is 2.30. The molecule has 1 aromatic rings. The van der Waals surface area contributed by atoms with Crippen molar-refractivity contribution in [3.05, 3.63) is 23.4 Å². The van der Waals surface area contributed by atoms with Crippen LogP contribution in [-0.2, 0) is 4.74 Å². The zero-order valence-corrected chi connectivity index (χ0v) is 9.52. The minimum atomic E-state index is -0.561. The number of nitrogens with two attached hydrogens (primary N) is 1. The van der Waals surface area contributed by atoms with E-state index in [1.54, 1.807) is 6.20 Å². The van der Waals surface area contributed by atoms with E-state index in [2.05, 4.69) is 4.98 Å². The van der Waals surface area contributed by atoms with E-state index < -0.39 is 6.10 Å². The Morgan fingerprint density at radius 1 is 1.62 bits per heavy atom. The van der Waals surface area contributed by atoms with Crippen LogP contribution in [0.25, 0.3) is 0 Å². The summed E-state index contributed by atoms with van der Waals surface area (Å²) in [5.41, 5.74) is 7.57. The Bertz CT molecular complexity index is 342. The van der Waals surface area contributed by atoms with Crippen LogP contribution in [0.2, 0.25) is 0 Å². The van der Waals surface area contributed by atoms with E-state index in [1.807, 2.05) is 13.0 Å². The number of anilines is 1.